The number of nitrogens with zero attached hydrogens (tertiary/aromatic N) is 2. The maximum atomic E-state index is 6.10. The van der Waals surface area contributed by atoms with Crippen molar-refractivity contribution in [3.8, 4) is 0 Å². The van der Waals surface area contributed by atoms with E-state index in [2.05, 4.69) is 15.3 Å². The molecule has 0 amide bonds. The van der Waals surface area contributed by atoms with Gasteiger partial charge in [-0.15, -0.1) is 0 Å². The van der Waals surface area contributed by atoms with Crippen molar-refractivity contribution in [2.45, 2.75) is 23.5 Å². The Morgan fingerprint density at radius 2 is 2.05 bits per heavy atom. The van der Waals surface area contributed by atoms with E-state index in [9.17, 15) is 0 Å². The number of aromatic nitrogens is 2. The summed E-state index contributed by atoms with van der Waals surface area (Å²) in [7, 11) is 1.69. The Morgan fingerprint density at radius 1 is 1.29 bits per heavy atom. The van der Waals surface area contributed by atoms with E-state index in [0.717, 1.165) is 28.7 Å². The molecule has 0 unspecified atom stereocenters. The van der Waals surface area contributed by atoms with Gasteiger partial charge in [0, 0.05) is 42.5 Å². The van der Waals surface area contributed by atoms with E-state index < -0.39 is 0 Å². The van der Waals surface area contributed by atoms with Crippen LogP contribution in [-0.2, 0) is 11.3 Å². The third-order valence-electron chi connectivity index (χ3n) is 2.79. The number of aryl methyl sites for hydroxylation is 1. The zero-order valence-electron chi connectivity index (χ0n) is 12.1. The number of benzene rings is 1. The van der Waals surface area contributed by atoms with Crippen molar-refractivity contribution < 1.29 is 4.74 Å². The van der Waals surface area contributed by atoms with Crippen molar-refractivity contribution in [1.29, 1.82) is 0 Å². The predicted octanol–water partition coefficient (Wildman–Crippen LogP) is 3.33. The van der Waals surface area contributed by atoms with Crippen LogP contribution in [0.15, 0.2) is 40.6 Å². The first-order valence-electron chi connectivity index (χ1n) is 6.63. The largest absolute Gasteiger partial charge is 0.383 e. The second kappa shape index (κ2) is 8.34. The van der Waals surface area contributed by atoms with E-state index in [-0.39, 0.29) is 0 Å². The average Bonchev–Trinajstić information content (AvgIpc) is 2.48. The molecule has 0 spiro atoms. The number of halogens is 1. The summed E-state index contributed by atoms with van der Waals surface area (Å²) in [5.74, 6) is 0. The van der Waals surface area contributed by atoms with Gasteiger partial charge in [-0.3, -0.25) is 0 Å². The third-order valence-corrected chi connectivity index (χ3v) is 4.01. The van der Waals surface area contributed by atoms with Gasteiger partial charge in [-0.25, -0.2) is 9.97 Å². The highest BCUT2D eigenvalue weighted by Crippen LogP contribution is 2.30. The summed E-state index contributed by atoms with van der Waals surface area (Å²) >= 11 is 7.62. The van der Waals surface area contributed by atoms with Gasteiger partial charge in [-0.1, -0.05) is 17.7 Å². The van der Waals surface area contributed by atoms with E-state index in [1.165, 1.54) is 17.3 Å². The lowest BCUT2D eigenvalue weighted by atomic mass is 10.2. The minimum Gasteiger partial charge on any atom is -0.383 e. The van der Waals surface area contributed by atoms with Gasteiger partial charge in [0.15, 0.2) is 5.16 Å². The molecular formula is C15H18ClN3OS. The van der Waals surface area contributed by atoms with Crippen LogP contribution in [0, 0.1) is 6.92 Å². The second-order valence-corrected chi connectivity index (χ2v) is 6.01. The highest BCUT2D eigenvalue weighted by molar-refractivity contribution is 7.99. The molecule has 0 fully saturated rings. The van der Waals surface area contributed by atoms with Crippen LogP contribution in [0.1, 0.15) is 11.1 Å². The summed E-state index contributed by atoms with van der Waals surface area (Å²) in [5.41, 5.74) is 2.22. The first kappa shape index (κ1) is 16.2. The smallest absolute Gasteiger partial charge is 0.192 e. The van der Waals surface area contributed by atoms with Crippen LogP contribution in [0.4, 0.5) is 0 Å². The first-order valence-corrected chi connectivity index (χ1v) is 7.83. The molecule has 0 saturated carbocycles. The molecule has 2 aromatic rings. The normalized spacial score (nSPS) is 10.8. The Morgan fingerprint density at radius 3 is 2.76 bits per heavy atom. The summed E-state index contributed by atoms with van der Waals surface area (Å²) in [4.78, 5) is 9.71. The lowest BCUT2D eigenvalue weighted by molar-refractivity contribution is 0.199. The molecule has 6 heteroatoms. The van der Waals surface area contributed by atoms with E-state index in [4.69, 9.17) is 16.3 Å². The van der Waals surface area contributed by atoms with Crippen molar-refractivity contribution in [2.24, 2.45) is 0 Å². The number of ether oxygens (including phenoxy) is 1. The highest BCUT2D eigenvalue weighted by atomic mass is 35.5. The Kier molecular flexibility index (Phi) is 6.45. The fraction of sp³-hybridized carbons (Fsp3) is 0.333. The number of nitrogens with one attached hydrogen (secondary N) is 1. The number of rotatable bonds is 7. The van der Waals surface area contributed by atoms with E-state index in [1.54, 1.807) is 7.11 Å². The van der Waals surface area contributed by atoms with Gasteiger partial charge in [0.1, 0.15) is 0 Å². The second-order valence-electron chi connectivity index (χ2n) is 4.57. The summed E-state index contributed by atoms with van der Waals surface area (Å²) in [5, 5.41) is 4.77. The van der Waals surface area contributed by atoms with Gasteiger partial charge < -0.3 is 10.1 Å². The van der Waals surface area contributed by atoms with Crippen LogP contribution in [0.3, 0.4) is 0 Å². The van der Waals surface area contributed by atoms with E-state index in [1.807, 2.05) is 37.5 Å². The van der Waals surface area contributed by atoms with E-state index in [0.29, 0.717) is 11.6 Å². The predicted molar refractivity (Wildman–Crippen MR) is 85.9 cm³/mol. The molecule has 1 aromatic heterocycles. The zero-order valence-corrected chi connectivity index (χ0v) is 13.7. The Labute approximate surface area is 134 Å². The molecule has 1 heterocycles. The molecule has 1 N–H and O–H groups in total. The lowest BCUT2D eigenvalue weighted by Crippen LogP contribution is -2.18. The van der Waals surface area contributed by atoms with Crippen LogP contribution >= 0.6 is 23.4 Å². The van der Waals surface area contributed by atoms with Gasteiger partial charge in [0.05, 0.1) is 6.61 Å². The Balaban J connectivity index is 2.09. The summed E-state index contributed by atoms with van der Waals surface area (Å²) < 4.78 is 5.03. The molecule has 4 nitrogen and oxygen atoms in total. The summed E-state index contributed by atoms with van der Waals surface area (Å²) in [6, 6.07) is 5.87. The fourth-order valence-corrected chi connectivity index (χ4v) is 2.80. The van der Waals surface area contributed by atoms with Gasteiger partial charge >= 0.3 is 0 Å². The van der Waals surface area contributed by atoms with Gasteiger partial charge in [0.2, 0.25) is 0 Å². The summed E-state index contributed by atoms with van der Waals surface area (Å²) in [6.07, 6.45) is 3.63. The standard InChI is InChI=1S/C15H18ClN3OS/c1-11-8-18-15(19-9-11)21-14-7-13(16)4-3-12(14)10-17-5-6-20-2/h3-4,7-9,17H,5-6,10H2,1-2H3. The molecule has 0 atom stereocenters. The van der Waals surface area contributed by atoms with Crippen LogP contribution in [0.2, 0.25) is 5.02 Å². The molecule has 0 aliphatic rings. The minimum absolute atomic E-state index is 0.692. The third kappa shape index (κ3) is 5.28. The number of hydrogen-bond acceptors (Lipinski definition) is 5. The molecule has 0 aliphatic carbocycles. The SMILES string of the molecule is COCCNCc1ccc(Cl)cc1Sc1ncc(C)cn1. The fourth-order valence-electron chi connectivity index (χ4n) is 1.70. The molecule has 21 heavy (non-hydrogen) atoms. The van der Waals surface area contributed by atoms with E-state index >= 15 is 0 Å². The van der Waals surface area contributed by atoms with Crippen molar-refractivity contribution >= 4 is 23.4 Å². The number of methoxy groups -OCH3 is 1. The van der Waals surface area contributed by atoms with Crippen molar-refractivity contribution in [2.75, 3.05) is 20.3 Å². The molecular weight excluding hydrogens is 306 g/mol. The Bertz CT molecular complexity index is 578. The van der Waals surface area contributed by atoms with Crippen LogP contribution < -0.4 is 5.32 Å². The minimum atomic E-state index is 0.692. The maximum absolute atomic E-state index is 6.10. The topological polar surface area (TPSA) is 47.0 Å². The highest BCUT2D eigenvalue weighted by Gasteiger charge is 2.07. The van der Waals surface area contributed by atoms with Gasteiger partial charge in [0.25, 0.3) is 0 Å². The quantitative estimate of drug-likeness (QED) is 0.625. The Hall–Kier alpha value is -1.14. The lowest BCUT2D eigenvalue weighted by Gasteiger charge is -2.10. The molecule has 0 radical (unpaired) electrons. The average molecular weight is 324 g/mol. The molecule has 112 valence electrons. The molecule has 0 saturated heterocycles. The number of hydrogen-bond donors (Lipinski definition) is 1. The van der Waals surface area contributed by atoms with Crippen molar-refractivity contribution in [3.63, 3.8) is 0 Å². The molecule has 0 aliphatic heterocycles. The molecule has 1 aromatic carbocycles. The maximum Gasteiger partial charge on any atom is 0.192 e. The summed E-state index contributed by atoms with van der Waals surface area (Å²) in [6.45, 7) is 4.23. The van der Waals surface area contributed by atoms with Gasteiger partial charge in [-0.05, 0) is 41.9 Å². The van der Waals surface area contributed by atoms with Crippen molar-refractivity contribution in [1.82, 2.24) is 15.3 Å². The monoisotopic (exact) mass is 323 g/mol. The van der Waals surface area contributed by atoms with Crippen LogP contribution in [0.5, 0.6) is 0 Å². The zero-order chi connectivity index (χ0) is 15.1. The molecule has 0 bridgehead atoms. The van der Waals surface area contributed by atoms with Crippen molar-refractivity contribution in [3.05, 3.63) is 46.7 Å². The van der Waals surface area contributed by atoms with Crippen LogP contribution in [-0.4, -0.2) is 30.2 Å². The molecule has 2 rings (SSSR count). The van der Waals surface area contributed by atoms with Crippen LogP contribution in [0.25, 0.3) is 0 Å². The van der Waals surface area contributed by atoms with Gasteiger partial charge in [-0.2, -0.15) is 0 Å². The first-order chi connectivity index (χ1) is 10.2.